The summed E-state index contributed by atoms with van der Waals surface area (Å²) in [6, 6.07) is 7.62. The molecule has 1 unspecified atom stereocenters. The number of rotatable bonds is 3. The summed E-state index contributed by atoms with van der Waals surface area (Å²) >= 11 is 1.61. The summed E-state index contributed by atoms with van der Waals surface area (Å²) in [6.07, 6.45) is 2.99. The van der Waals surface area contributed by atoms with Crippen molar-refractivity contribution in [2.75, 3.05) is 0 Å². The molecule has 4 nitrogen and oxygen atoms in total. The number of nitrogens with zero attached hydrogens (tertiary/aromatic N) is 1. The van der Waals surface area contributed by atoms with Gasteiger partial charge in [0.15, 0.2) is 0 Å². The van der Waals surface area contributed by atoms with E-state index >= 15 is 0 Å². The lowest BCUT2D eigenvalue weighted by molar-refractivity contribution is -0.121. The molecule has 0 bridgehead atoms. The molecular formula is C16H18N2O2S. The quantitative estimate of drug-likeness (QED) is 0.937. The molecule has 5 heteroatoms. The summed E-state index contributed by atoms with van der Waals surface area (Å²) in [5.74, 6) is 0.0794. The van der Waals surface area contributed by atoms with E-state index in [-0.39, 0.29) is 17.5 Å². The Labute approximate surface area is 127 Å². The number of carbonyl (C=O) groups is 1. The lowest BCUT2D eigenvalue weighted by Crippen LogP contribution is -2.40. The normalized spacial score (nSPS) is 17.3. The molecule has 1 N–H and O–H groups in total. The van der Waals surface area contributed by atoms with Crippen LogP contribution in [0.3, 0.4) is 0 Å². The molecule has 0 fully saturated rings. The second-order valence-corrected chi connectivity index (χ2v) is 6.50. The van der Waals surface area contributed by atoms with E-state index in [4.69, 9.17) is 0 Å². The first-order chi connectivity index (χ1) is 10.1. The van der Waals surface area contributed by atoms with Gasteiger partial charge in [-0.15, -0.1) is 11.3 Å². The van der Waals surface area contributed by atoms with Gasteiger partial charge in [0.1, 0.15) is 0 Å². The monoisotopic (exact) mass is 302 g/mol. The zero-order valence-electron chi connectivity index (χ0n) is 12.0. The number of hydrogen-bond donors (Lipinski definition) is 1. The van der Waals surface area contributed by atoms with Crippen molar-refractivity contribution in [1.29, 1.82) is 0 Å². The Hall–Kier alpha value is -1.88. The fourth-order valence-corrected chi connectivity index (χ4v) is 3.60. The van der Waals surface area contributed by atoms with E-state index in [1.807, 2.05) is 30.6 Å². The highest BCUT2D eigenvalue weighted by Crippen LogP contribution is 2.20. The molecule has 3 rings (SSSR count). The van der Waals surface area contributed by atoms with Crippen molar-refractivity contribution in [3.63, 3.8) is 0 Å². The highest BCUT2D eigenvalue weighted by atomic mass is 32.1. The van der Waals surface area contributed by atoms with Gasteiger partial charge in [-0.25, -0.2) is 0 Å². The Kier molecular flexibility index (Phi) is 3.92. The van der Waals surface area contributed by atoms with E-state index in [0.717, 1.165) is 29.8 Å². The Morgan fingerprint density at radius 3 is 3.05 bits per heavy atom. The number of carbonyl (C=O) groups excluding carboxylic acids is 1. The van der Waals surface area contributed by atoms with Crippen molar-refractivity contribution >= 4 is 17.2 Å². The smallest absolute Gasteiger partial charge is 0.250 e. The average molecular weight is 302 g/mol. The van der Waals surface area contributed by atoms with Crippen LogP contribution in [-0.2, 0) is 31.1 Å². The molecule has 1 atom stereocenters. The number of amides is 1. The number of aromatic nitrogens is 1. The fraction of sp³-hybridized carbons (Fsp3) is 0.375. The number of hydrogen-bond acceptors (Lipinski definition) is 3. The highest BCUT2D eigenvalue weighted by Gasteiger charge is 2.22. The Morgan fingerprint density at radius 1 is 1.43 bits per heavy atom. The molecule has 0 spiro atoms. The van der Waals surface area contributed by atoms with Gasteiger partial charge in [-0.3, -0.25) is 9.59 Å². The minimum absolute atomic E-state index is 0.0360. The summed E-state index contributed by atoms with van der Waals surface area (Å²) in [5, 5.41) is 5.10. The minimum atomic E-state index is 0.0360. The van der Waals surface area contributed by atoms with Gasteiger partial charge in [0.2, 0.25) is 11.5 Å². The van der Waals surface area contributed by atoms with Crippen molar-refractivity contribution in [3.8, 4) is 0 Å². The number of thiophene rings is 1. The summed E-state index contributed by atoms with van der Waals surface area (Å²) in [7, 11) is 1.82. The standard InChI is InChI=1S/C16H18N2O2S/c1-18-14-6-5-12(9-11(14)4-7-16(18)20)17-15(19)10-13-3-2-8-21-13/h2-4,7-8,12H,5-6,9-10H2,1H3,(H,17,19). The second-order valence-electron chi connectivity index (χ2n) is 5.47. The van der Waals surface area contributed by atoms with Gasteiger partial charge in [0, 0.05) is 29.7 Å². The van der Waals surface area contributed by atoms with Gasteiger partial charge in [-0.2, -0.15) is 0 Å². The Balaban J connectivity index is 1.65. The van der Waals surface area contributed by atoms with E-state index < -0.39 is 0 Å². The van der Waals surface area contributed by atoms with Crippen molar-refractivity contribution in [2.45, 2.75) is 31.7 Å². The third kappa shape index (κ3) is 3.08. The first-order valence-electron chi connectivity index (χ1n) is 7.13. The summed E-state index contributed by atoms with van der Waals surface area (Å²) in [4.78, 5) is 24.8. The molecule has 2 aromatic rings. The van der Waals surface area contributed by atoms with Gasteiger partial charge in [-0.05, 0) is 36.3 Å². The van der Waals surface area contributed by atoms with Crippen LogP contribution >= 0.6 is 11.3 Å². The van der Waals surface area contributed by atoms with Gasteiger partial charge >= 0.3 is 0 Å². The van der Waals surface area contributed by atoms with E-state index in [1.165, 1.54) is 5.56 Å². The van der Waals surface area contributed by atoms with Gasteiger partial charge in [-0.1, -0.05) is 12.1 Å². The fourth-order valence-electron chi connectivity index (χ4n) is 2.89. The number of nitrogens with one attached hydrogen (secondary N) is 1. The van der Waals surface area contributed by atoms with Gasteiger partial charge in [0.25, 0.3) is 0 Å². The molecule has 0 saturated heterocycles. The molecule has 0 aliphatic heterocycles. The third-order valence-electron chi connectivity index (χ3n) is 4.01. The highest BCUT2D eigenvalue weighted by molar-refractivity contribution is 7.10. The lowest BCUT2D eigenvalue weighted by atomic mass is 9.91. The third-order valence-corrected chi connectivity index (χ3v) is 4.89. The predicted molar refractivity (Wildman–Crippen MR) is 83.7 cm³/mol. The number of pyridine rings is 1. The molecular weight excluding hydrogens is 284 g/mol. The SMILES string of the molecule is Cn1c2c(ccc1=O)CC(NC(=O)Cc1cccs1)CC2. The summed E-state index contributed by atoms with van der Waals surface area (Å²) in [6.45, 7) is 0. The maximum atomic E-state index is 12.1. The summed E-state index contributed by atoms with van der Waals surface area (Å²) in [5.41, 5.74) is 2.31. The van der Waals surface area contributed by atoms with E-state index in [2.05, 4.69) is 5.32 Å². The molecule has 1 amide bonds. The Bertz CT molecular complexity index is 704. The average Bonchev–Trinajstić information content (AvgIpc) is 2.96. The molecule has 0 aromatic carbocycles. The topological polar surface area (TPSA) is 51.1 Å². The van der Waals surface area contributed by atoms with E-state index in [0.29, 0.717) is 6.42 Å². The molecule has 0 radical (unpaired) electrons. The van der Waals surface area contributed by atoms with Crippen LogP contribution in [0.1, 0.15) is 22.6 Å². The molecule has 1 aliphatic carbocycles. The van der Waals surface area contributed by atoms with Gasteiger partial charge < -0.3 is 9.88 Å². The predicted octanol–water partition coefficient (Wildman–Crippen LogP) is 1.66. The van der Waals surface area contributed by atoms with Crippen LogP contribution in [0.25, 0.3) is 0 Å². The lowest BCUT2D eigenvalue weighted by Gasteiger charge is -2.26. The van der Waals surface area contributed by atoms with Crippen molar-refractivity contribution in [2.24, 2.45) is 7.05 Å². The van der Waals surface area contributed by atoms with Crippen LogP contribution < -0.4 is 10.9 Å². The molecule has 0 saturated carbocycles. The van der Waals surface area contributed by atoms with Crippen LogP contribution in [0.4, 0.5) is 0 Å². The number of fused-ring (bicyclic) bond motifs is 1. The van der Waals surface area contributed by atoms with E-state index in [1.54, 1.807) is 22.0 Å². The van der Waals surface area contributed by atoms with Crippen LogP contribution in [0, 0.1) is 0 Å². The van der Waals surface area contributed by atoms with Crippen molar-refractivity contribution in [3.05, 3.63) is 56.1 Å². The van der Waals surface area contributed by atoms with Crippen molar-refractivity contribution in [1.82, 2.24) is 9.88 Å². The zero-order valence-corrected chi connectivity index (χ0v) is 12.8. The van der Waals surface area contributed by atoms with Crippen LogP contribution in [0.15, 0.2) is 34.4 Å². The molecule has 110 valence electrons. The maximum absolute atomic E-state index is 12.1. The molecule has 21 heavy (non-hydrogen) atoms. The molecule has 2 aromatic heterocycles. The van der Waals surface area contributed by atoms with Crippen LogP contribution in [-0.4, -0.2) is 16.5 Å². The first kappa shape index (κ1) is 14.1. The largest absolute Gasteiger partial charge is 0.353 e. The maximum Gasteiger partial charge on any atom is 0.250 e. The molecule has 1 aliphatic rings. The van der Waals surface area contributed by atoms with Crippen LogP contribution in [0.5, 0.6) is 0 Å². The Morgan fingerprint density at radius 2 is 2.29 bits per heavy atom. The zero-order chi connectivity index (χ0) is 14.8. The van der Waals surface area contributed by atoms with Crippen LogP contribution in [0.2, 0.25) is 0 Å². The van der Waals surface area contributed by atoms with E-state index in [9.17, 15) is 9.59 Å². The molecule has 2 heterocycles. The summed E-state index contributed by atoms with van der Waals surface area (Å²) < 4.78 is 1.72. The minimum Gasteiger partial charge on any atom is -0.353 e. The second kappa shape index (κ2) is 5.85. The van der Waals surface area contributed by atoms with Crippen molar-refractivity contribution < 1.29 is 4.79 Å². The van der Waals surface area contributed by atoms with Gasteiger partial charge in [0.05, 0.1) is 6.42 Å². The first-order valence-corrected chi connectivity index (χ1v) is 8.01.